The average molecular weight is 415 g/mol. The first kappa shape index (κ1) is 19.9. The third-order valence-electron chi connectivity index (χ3n) is 4.32. The van der Waals surface area contributed by atoms with Gasteiger partial charge in [-0.1, -0.05) is 35.9 Å². The molecule has 1 aliphatic rings. The van der Waals surface area contributed by atoms with Crippen LogP contribution in [0.3, 0.4) is 0 Å². The zero-order chi connectivity index (χ0) is 20.3. The van der Waals surface area contributed by atoms with Crippen LogP contribution in [0.5, 0.6) is 11.5 Å². The number of phenolic OH excluding ortho intramolecular Hbond substituents is 1. The SMILES string of the molecule is C=CCc1cc(/C=C2/NC(=S)N(Cc3ccccc3Cl)C2=O)cc(OC)c1O. The Labute approximate surface area is 173 Å². The molecule has 2 aromatic carbocycles. The van der Waals surface area contributed by atoms with Crippen molar-refractivity contribution in [3.8, 4) is 11.5 Å². The summed E-state index contributed by atoms with van der Waals surface area (Å²) in [6, 6.07) is 10.8. The van der Waals surface area contributed by atoms with E-state index in [2.05, 4.69) is 11.9 Å². The number of benzene rings is 2. The van der Waals surface area contributed by atoms with Crippen LogP contribution in [0.25, 0.3) is 6.08 Å². The number of rotatable bonds is 6. The van der Waals surface area contributed by atoms with Crippen molar-refractivity contribution in [2.75, 3.05) is 7.11 Å². The van der Waals surface area contributed by atoms with Crippen LogP contribution in [-0.4, -0.2) is 28.1 Å². The van der Waals surface area contributed by atoms with Gasteiger partial charge in [-0.2, -0.15) is 0 Å². The van der Waals surface area contributed by atoms with Gasteiger partial charge in [-0.25, -0.2) is 0 Å². The number of phenols is 1. The van der Waals surface area contributed by atoms with Crippen LogP contribution in [-0.2, 0) is 17.8 Å². The van der Waals surface area contributed by atoms with E-state index >= 15 is 0 Å². The van der Waals surface area contributed by atoms with E-state index in [9.17, 15) is 9.90 Å². The van der Waals surface area contributed by atoms with E-state index in [1.54, 1.807) is 30.4 Å². The number of thiocarbonyl (C=S) groups is 1. The quantitative estimate of drug-likeness (QED) is 0.424. The molecule has 0 saturated carbocycles. The predicted octanol–water partition coefficient (Wildman–Crippen LogP) is 4.04. The highest BCUT2D eigenvalue weighted by Crippen LogP contribution is 2.33. The highest BCUT2D eigenvalue weighted by atomic mass is 35.5. The maximum Gasteiger partial charge on any atom is 0.276 e. The second-order valence-corrected chi connectivity index (χ2v) is 6.99. The minimum absolute atomic E-state index is 0.0612. The van der Waals surface area contributed by atoms with Gasteiger partial charge in [0.25, 0.3) is 5.91 Å². The van der Waals surface area contributed by atoms with Crippen molar-refractivity contribution < 1.29 is 14.6 Å². The number of nitrogens with zero attached hydrogens (tertiary/aromatic N) is 1. The van der Waals surface area contributed by atoms with Crippen molar-refractivity contribution in [2.45, 2.75) is 13.0 Å². The van der Waals surface area contributed by atoms with E-state index in [0.29, 0.717) is 39.1 Å². The molecule has 0 aliphatic carbocycles. The number of methoxy groups -OCH3 is 1. The molecular weight excluding hydrogens is 396 g/mol. The minimum Gasteiger partial charge on any atom is -0.504 e. The van der Waals surface area contributed by atoms with Gasteiger partial charge >= 0.3 is 0 Å². The van der Waals surface area contributed by atoms with Crippen LogP contribution in [0.1, 0.15) is 16.7 Å². The molecule has 0 spiro atoms. The van der Waals surface area contributed by atoms with Gasteiger partial charge in [0.2, 0.25) is 0 Å². The number of aromatic hydroxyl groups is 1. The van der Waals surface area contributed by atoms with Crippen LogP contribution in [0.4, 0.5) is 0 Å². The lowest BCUT2D eigenvalue weighted by Crippen LogP contribution is -2.30. The molecule has 1 heterocycles. The first-order chi connectivity index (χ1) is 13.4. The summed E-state index contributed by atoms with van der Waals surface area (Å²) in [5, 5.41) is 14.1. The first-order valence-electron chi connectivity index (χ1n) is 8.53. The number of nitrogens with one attached hydrogen (secondary N) is 1. The summed E-state index contributed by atoms with van der Waals surface area (Å²) in [4.78, 5) is 14.3. The van der Waals surface area contributed by atoms with Crippen LogP contribution >= 0.6 is 23.8 Å². The number of hydrogen-bond acceptors (Lipinski definition) is 4. The zero-order valence-corrected chi connectivity index (χ0v) is 16.8. The Kier molecular flexibility index (Phi) is 6.02. The van der Waals surface area contributed by atoms with Crippen molar-refractivity contribution in [1.29, 1.82) is 0 Å². The fraction of sp³-hybridized carbons (Fsp3) is 0.143. The lowest BCUT2D eigenvalue weighted by Gasteiger charge is -2.14. The molecule has 144 valence electrons. The van der Waals surface area contributed by atoms with Gasteiger partial charge in [0.15, 0.2) is 16.6 Å². The standard InChI is InChI=1S/C21H19ClN2O3S/c1-3-6-14-9-13(11-18(27-2)19(14)25)10-17-20(26)24(21(28)23-17)12-15-7-4-5-8-16(15)22/h3-5,7-11,25H,1,6,12H2,2H3,(H,23,28)/b17-10+. The molecule has 1 fully saturated rings. The lowest BCUT2D eigenvalue weighted by molar-refractivity contribution is -0.122. The third kappa shape index (κ3) is 4.03. The van der Waals surface area contributed by atoms with E-state index in [4.69, 9.17) is 28.6 Å². The maximum absolute atomic E-state index is 12.8. The Bertz CT molecular complexity index is 988. The van der Waals surface area contributed by atoms with E-state index < -0.39 is 0 Å². The minimum atomic E-state index is -0.248. The first-order valence-corrected chi connectivity index (χ1v) is 9.32. The number of carbonyl (C=O) groups is 1. The van der Waals surface area contributed by atoms with Crippen molar-refractivity contribution in [3.63, 3.8) is 0 Å². The molecule has 0 bridgehead atoms. The highest BCUT2D eigenvalue weighted by molar-refractivity contribution is 7.80. The smallest absolute Gasteiger partial charge is 0.276 e. The molecule has 2 aromatic rings. The van der Waals surface area contributed by atoms with Crippen LogP contribution in [0, 0.1) is 0 Å². The third-order valence-corrected chi connectivity index (χ3v) is 5.01. The summed E-state index contributed by atoms with van der Waals surface area (Å²) in [5.74, 6) is 0.139. The van der Waals surface area contributed by atoms with Crippen LogP contribution in [0.2, 0.25) is 5.02 Å². The van der Waals surface area contributed by atoms with E-state index in [-0.39, 0.29) is 18.2 Å². The largest absolute Gasteiger partial charge is 0.504 e. The molecule has 1 amide bonds. The van der Waals surface area contributed by atoms with Gasteiger partial charge in [-0.3, -0.25) is 9.69 Å². The average Bonchev–Trinajstić information content (AvgIpc) is 2.93. The predicted molar refractivity (Wildman–Crippen MR) is 114 cm³/mol. The van der Waals surface area contributed by atoms with E-state index in [0.717, 1.165) is 5.56 Å². The van der Waals surface area contributed by atoms with Gasteiger partial charge in [-0.15, -0.1) is 6.58 Å². The summed E-state index contributed by atoms with van der Waals surface area (Å²) in [6.07, 6.45) is 3.83. The normalized spacial score (nSPS) is 15.1. The van der Waals surface area contributed by atoms with E-state index in [1.807, 2.05) is 18.2 Å². The Hall–Kier alpha value is -2.83. The molecule has 0 unspecified atom stereocenters. The summed E-state index contributed by atoms with van der Waals surface area (Å²) in [7, 11) is 1.48. The molecular formula is C21H19ClN2O3S. The fourth-order valence-electron chi connectivity index (χ4n) is 2.92. The molecule has 0 radical (unpaired) electrons. The summed E-state index contributed by atoms with van der Waals surface area (Å²) in [5.41, 5.74) is 2.50. The Morgan fingerprint density at radius 1 is 1.32 bits per heavy atom. The summed E-state index contributed by atoms with van der Waals surface area (Å²) < 4.78 is 5.23. The fourth-order valence-corrected chi connectivity index (χ4v) is 3.37. The van der Waals surface area contributed by atoms with Gasteiger partial charge in [0, 0.05) is 10.6 Å². The van der Waals surface area contributed by atoms with Crippen LogP contribution < -0.4 is 10.1 Å². The molecule has 1 saturated heterocycles. The van der Waals surface area contributed by atoms with Crippen molar-refractivity contribution in [1.82, 2.24) is 10.2 Å². The highest BCUT2D eigenvalue weighted by Gasteiger charge is 2.31. The van der Waals surface area contributed by atoms with Gasteiger partial charge in [0.1, 0.15) is 5.70 Å². The number of carbonyl (C=O) groups excluding carboxylic acids is 1. The topological polar surface area (TPSA) is 61.8 Å². The number of ether oxygens (including phenoxy) is 1. The van der Waals surface area contributed by atoms with Gasteiger partial charge < -0.3 is 15.2 Å². The maximum atomic E-state index is 12.8. The summed E-state index contributed by atoms with van der Waals surface area (Å²) in [6.45, 7) is 3.98. The molecule has 7 heteroatoms. The molecule has 0 aromatic heterocycles. The molecule has 5 nitrogen and oxygen atoms in total. The van der Waals surface area contributed by atoms with Crippen molar-refractivity contribution in [2.24, 2.45) is 0 Å². The Morgan fingerprint density at radius 3 is 2.75 bits per heavy atom. The molecule has 1 aliphatic heterocycles. The zero-order valence-electron chi connectivity index (χ0n) is 15.2. The van der Waals surface area contributed by atoms with Gasteiger partial charge in [0.05, 0.1) is 13.7 Å². The Balaban J connectivity index is 1.90. The summed E-state index contributed by atoms with van der Waals surface area (Å²) >= 11 is 11.5. The van der Waals surface area contributed by atoms with Crippen molar-refractivity contribution in [3.05, 3.63) is 76.5 Å². The Morgan fingerprint density at radius 2 is 2.07 bits per heavy atom. The lowest BCUT2D eigenvalue weighted by atomic mass is 10.0. The van der Waals surface area contributed by atoms with Crippen LogP contribution in [0.15, 0.2) is 54.8 Å². The van der Waals surface area contributed by atoms with Gasteiger partial charge in [-0.05, 0) is 54.0 Å². The van der Waals surface area contributed by atoms with E-state index in [1.165, 1.54) is 12.0 Å². The number of amides is 1. The molecule has 2 N–H and O–H groups in total. The number of allylic oxidation sites excluding steroid dienone is 1. The second kappa shape index (κ2) is 8.46. The second-order valence-electron chi connectivity index (χ2n) is 6.19. The molecule has 28 heavy (non-hydrogen) atoms. The molecule has 0 atom stereocenters. The molecule has 3 rings (SSSR count). The monoisotopic (exact) mass is 414 g/mol. The van der Waals surface area contributed by atoms with Crippen molar-refractivity contribution >= 4 is 40.9 Å². The number of halogens is 1. The number of hydrogen-bond donors (Lipinski definition) is 2.